The Labute approximate surface area is 136 Å². The molecule has 2 unspecified atom stereocenters. The van der Waals surface area contributed by atoms with Crippen molar-refractivity contribution in [3.8, 4) is 5.75 Å². The Bertz CT molecular complexity index is 488. The van der Waals surface area contributed by atoms with Crippen LogP contribution in [0.2, 0.25) is 0 Å². The summed E-state index contributed by atoms with van der Waals surface area (Å²) >= 11 is 0. The Kier molecular flexibility index (Phi) is 8.11. The van der Waals surface area contributed by atoms with Crippen molar-refractivity contribution in [2.45, 2.75) is 45.2 Å². The largest absolute Gasteiger partial charge is 0.497 e. The lowest BCUT2D eigenvalue weighted by molar-refractivity contribution is -0.159. The lowest BCUT2D eigenvalue weighted by Crippen LogP contribution is -2.36. The normalized spacial score (nSPS) is 20.1. The summed E-state index contributed by atoms with van der Waals surface area (Å²) in [5.41, 5.74) is 1.34. The maximum Gasteiger partial charge on any atom is 0.414 e. The first-order valence-electron chi connectivity index (χ1n) is 7.76. The van der Waals surface area contributed by atoms with Crippen molar-refractivity contribution in [3.63, 3.8) is 0 Å². The zero-order valence-electron chi connectivity index (χ0n) is 13.6. The first-order chi connectivity index (χ1) is 10.9. The number of carboxylic acids is 2. The molecule has 0 amide bonds. The number of aliphatic carboxylic acids is 2. The second kappa shape index (κ2) is 9.84. The van der Waals surface area contributed by atoms with Crippen molar-refractivity contribution >= 4 is 11.9 Å². The number of methoxy groups -OCH3 is 1. The Balaban J connectivity index is 0.000000379. The second-order valence-electron chi connectivity index (χ2n) is 5.71. The molecule has 0 spiro atoms. The molecule has 0 saturated heterocycles. The van der Waals surface area contributed by atoms with Crippen molar-refractivity contribution < 1.29 is 24.5 Å². The van der Waals surface area contributed by atoms with E-state index in [9.17, 15) is 0 Å². The van der Waals surface area contributed by atoms with Crippen LogP contribution in [0.25, 0.3) is 0 Å². The van der Waals surface area contributed by atoms with E-state index in [1.165, 1.54) is 31.2 Å². The minimum absolute atomic E-state index is 0.700. The molecule has 0 aliphatic heterocycles. The zero-order valence-corrected chi connectivity index (χ0v) is 13.6. The summed E-state index contributed by atoms with van der Waals surface area (Å²) in [7, 11) is 1.71. The van der Waals surface area contributed by atoms with Crippen LogP contribution >= 0.6 is 0 Å². The van der Waals surface area contributed by atoms with Crippen LogP contribution in [-0.4, -0.2) is 35.3 Å². The molecule has 2 rings (SSSR count). The third kappa shape index (κ3) is 7.15. The smallest absolute Gasteiger partial charge is 0.414 e. The average molecular weight is 323 g/mol. The number of nitrogens with one attached hydrogen (secondary N) is 1. The van der Waals surface area contributed by atoms with E-state index in [0.717, 1.165) is 18.2 Å². The van der Waals surface area contributed by atoms with Crippen LogP contribution < -0.4 is 10.1 Å². The Morgan fingerprint density at radius 1 is 1.13 bits per heavy atom. The number of ether oxygens (including phenoxy) is 1. The highest BCUT2D eigenvalue weighted by Crippen LogP contribution is 2.24. The quantitative estimate of drug-likeness (QED) is 0.737. The summed E-state index contributed by atoms with van der Waals surface area (Å²) in [6.45, 7) is 3.34. The van der Waals surface area contributed by atoms with Gasteiger partial charge in [0.15, 0.2) is 0 Å². The Morgan fingerprint density at radius 3 is 2.17 bits per heavy atom. The molecule has 2 atom stereocenters. The molecule has 1 saturated carbocycles. The zero-order chi connectivity index (χ0) is 17.2. The third-order valence-corrected chi connectivity index (χ3v) is 4.02. The molecule has 1 aliphatic carbocycles. The molecule has 1 aromatic carbocycles. The number of benzene rings is 1. The molecule has 6 heteroatoms. The molecule has 0 bridgehead atoms. The predicted octanol–water partition coefficient (Wildman–Crippen LogP) is 2.52. The lowest BCUT2D eigenvalue weighted by atomic mass is 9.86. The van der Waals surface area contributed by atoms with Gasteiger partial charge in [0.25, 0.3) is 0 Å². The highest BCUT2D eigenvalue weighted by molar-refractivity contribution is 6.27. The number of carboxylic acid groups (broad SMARTS) is 2. The van der Waals surface area contributed by atoms with Gasteiger partial charge in [0.05, 0.1) is 7.11 Å². The standard InChI is InChI=1S/C15H23NO.C2H2O4/c1-12-5-3-4-6-15(12)16-11-13-7-9-14(17-2)10-8-13;3-1(4)2(5)6/h7-10,12,15-16H,3-6,11H2,1-2H3;(H,3,4)(H,5,6). The van der Waals surface area contributed by atoms with Crippen molar-refractivity contribution in [2.75, 3.05) is 7.11 Å². The Morgan fingerprint density at radius 2 is 1.70 bits per heavy atom. The van der Waals surface area contributed by atoms with E-state index in [4.69, 9.17) is 24.5 Å². The fourth-order valence-electron chi connectivity index (χ4n) is 2.61. The molecule has 0 aromatic heterocycles. The van der Waals surface area contributed by atoms with Crippen molar-refractivity contribution in [2.24, 2.45) is 5.92 Å². The van der Waals surface area contributed by atoms with Gasteiger partial charge in [-0.3, -0.25) is 0 Å². The Hall–Kier alpha value is -2.08. The van der Waals surface area contributed by atoms with Crippen LogP contribution in [0.5, 0.6) is 5.75 Å². The number of hydrogen-bond donors (Lipinski definition) is 3. The van der Waals surface area contributed by atoms with E-state index in [1.54, 1.807) is 7.11 Å². The van der Waals surface area contributed by atoms with Crippen LogP contribution in [0.15, 0.2) is 24.3 Å². The molecule has 6 nitrogen and oxygen atoms in total. The predicted molar refractivity (Wildman–Crippen MR) is 86.5 cm³/mol. The van der Waals surface area contributed by atoms with E-state index in [2.05, 4.69) is 24.4 Å². The monoisotopic (exact) mass is 323 g/mol. The van der Waals surface area contributed by atoms with Gasteiger partial charge in [-0.1, -0.05) is 31.9 Å². The molecule has 0 radical (unpaired) electrons. The van der Waals surface area contributed by atoms with E-state index in [-0.39, 0.29) is 0 Å². The van der Waals surface area contributed by atoms with Gasteiger partial charge < -0.3 is 20.3 Å². The topological polar surface area (TPSA) is 95.9 Å². The molecule has 1 aliphatic rings. The molecule has 128 valence electrons. The lowest BCUT2D eigenvalue weighted by Gasteiger charge is -2.29. The fourth-order valence-corrected chi connectivity index (χ4v) is 2.61. The van der Waals surface area contributed by atoms with Crippen molar-refractivity contribution in [1.82, 2.24) is 5.32 Å². The maximum atomic E-state index is 9.10. The molecule has 1 aromatic rings. The number of carbonyl (C=O) groups is 2. The second-order valence-corrected chi connectivity index (χ2v) is 5.71. The van der Waals surface area contributed by atoms with Gasteiger partial charge >= 0.3 is 11.9 Å². The summed E-state index contributed by atoms with van der Waals surface area (Å²) in [5, 5.41) is 18.5. The fraction of sp³-hybridized carbons (Fsp3) is 0.529. The van der Waals surface area contributed by atoms with Gasteiger partial charge in [-0.25, -0.2) is 9.59 Å². The first kappa shape index (κ1) is 19.0. The van der Waals surface area contributed by atoms with Crippen LogP contribution in [0, 0.1) is 5.92 Å². The van der Waals surface area contributed by atoms with Crippen molar-refractivity contribution in [1.29, 1.82) is 0 Å². The van der Waals surface area contributed by atoms with Gasteiger partial charge in [0.1, 0.15) is 5.75 Å². The van der Waals surface area contributed by atoms with E-state index >= 15 is 0 Å². The van der Waals surface area contributed by atoms with E-state index in [1.807, 2.05) is 12.1 Å². The summed E-state index contributed by atoms with van der Waals surface area (Å²) in [4.78, 5) is 18.2. The van der Waals surface area contributed by atoms with Gasteiger partial charge in [-0.05, 0) is 36.5 Å². The molecule has 23 heavy (non-hydrogen) atoms. The third-order valence-electron chi connectivity index (χ3n) is 4.02. The highest BCUT2D eigenvalue weighted by atomic mass is 16.5. The van der Waals surface area contributed by atoms with Crippen LogP contribution in [0.4, 0.5) is 0 Å². The van der Waals surface area contributed by atoms with E-state index < -0.39 is 11.9 Å². The summed E-state index contributed by atoms with van der Waals surface area (Å²) in [6, 6.07) is 9.03. The minimum Gasteiger partial charge on any atom is -0.497 e. The molecular weight excluding hydrogens is 298 g/mol. The van der Waals surface area contributed by atoms with Gasteiger partial charge in [0, 0.05) is 12.6 Å². The maximum absolute atomic E-state index is 9.10. The van der Waals surface area contributed by atoms with Crippen LogP contribution in [-0.2, 0) is 16.1 Å². The van der Waals surface area contributed by atoms with Gasteiger partial charge in [-0.15, -0.1) is 0 Å². The average Bonchev–Trinajstić information content (AvgIpc) is 2.55. The number of hydrogen-bond acceptors (Lipinski definition) is 4. The SMILES string of the molecule is COc1ccc(CNC2CCCCC2C)cc1.O=C(O)C(=O)O. The summed E-state index contributed by atoms with van der Waals surface area (Å²) in [6.07, 6.45) is 5.49. The summed E-state index contributed by atoms with van der Waals surface area (Å²) in [5.74, 6) is -1.90. The molecule has 1 fully saturated rings. The van der Waals surface area contributed by atoms with Gasteiger partial charge in [0.2, 0.25) is 0 Å². The van der Waals surface area contributed by atoms with Gasteiger partial charge in [-0.2, -0.15) is 0 Å². The highest BCUT2D eigenvalue weighted by Gasteiger charge is 2.20. The van der Waals surface area contributed by atoms with Crippen molar-refractivity contribution in [3.05, 3.63) is 29.8 Å². The van der Waals surface area contributed by atoms with Crippen LogP contribution in [0.3, 0.4) is 0 Å². The van der Waals surface area contributed by atoms with E-state index in [0.29, 0.717) is 6.04 Å². The minimum atomic E-state index is -1.82. The first-order valence-corrected chi connectivity index (χ1v) is 7.76. The molecule has 0 heterocycles. The molecule has 3 N–H and O–H groups in total. The van der Waals surface area contributed by atoms with Crippen LogP contribution in [0.1, 0.15) is 38.2 Å². The summed E-state index contributed by atoms with van der Waals surface area (Å²) < 4.78 is 5.16. The number of rotatable bonds is 4. The molecular formula is C17H25NO5.